The molecule has 132 valence electrons. The molecule has 0 saturated heterocycles. The van der Waals surface area contributed by atoms with Crippen molar-refractivity contribution in [1.29, 1.82) is 5.26 Å². The van der Waals surface area contributed by atoms with E-state index in [9.17, 15) is 10.1 Å². The van der Waals surface area contributed by atoms with Crippen molar-refractivity contribution >= 4 is 68.4 Å². The Morgan fingerprint density at radius 3 is 2.72 bits per heavy atom. The van der Waals surface area contributed by atoms with E-state index < -0.39 is 9.96 Å². The highest BCUT2D eigenvalue weighted by atomic mass is 35.6. The Morgan fingerprint density at radius 2 is 2.08 bits per heavy atom. The molecule has 2 N–H and O–H groups in total. The first-order chi connectivity index (χ1) is 11.9. The molecule has 1 amide bonds. The topological polar surface area (TPSA) is 64.9 Å². The highest BCUT2D eigenvalue weighted by Gasteiger charge is 2.36. The number of amides is 1. The van der Waals surface area contributed by atoms with Gasteiger partial charge in [0.15, 0.2) is 0 Å². The number of aryl methyl sites for hydroxylation is 1. The van der Waals surface area contributed by atoms with Gasteiger partial charge in [-0.25, -0.2) is 0 Å². The van der Waals surface area contributed by atoms with Crippen LogP contribution in [0.2, 0.25) is 0 Å². The molecule has 3 rings (SSSR count). The normalized spacial score (nSPS) is 15.1. The first-order valence-corrected chi connectivity index (χ1v) is 10.5. The third-order valence-electron chi connectivity index (χ3n) is 3.91. The lowest BCUT2D eigenvalue weighted by molar-refractivity contribution is 0.0946. The summed E-state index contributed by atoms with van der Waals surface area (Å²) < 4.78 is -1.77. The Labute approximate surface area is 168 Å². The number of carbonyl (C=O) groups is 1. The molecule has 2 aromatic heterocycles. The lowest BCUT2D eigenvalue weighted by Gasteiger charge is -2.26. The van der Waals surface area contributed by atoms with Crippen LogP contribution in [-0.4, -0.2) is 15.9 Å². The van der Waals surface area contributed by atoms with Gasteiger partial charge >= 0.3 is 0 Å². The number of halogens is 3. The number of thiophene rings is 2. The summed E-state index contributed by atoms with van der Waals surface area (Å²) in [7, 11) is 0. The number of fused-ring (bicyclic) bond motifs is 1. The van der Waals surface area contributed by atoms with Gasteiger partial charge < -0.3 is 10.6 Å². The molecule has 1 aliphatic rings. The second-order valence-electron chi connectivity index (χ2n) is 5.60. The summed E-state index contributed by atoms with van der Waals surface area (Å²) in [4.78, 5) is 14.0. The van der Waals surface area contributed by atoms with E-state index in [1.165, 1.54) is 27.6 Å². The highest BCUT2D eigenvalue weighted by Crippen LogP contribution is 2.40. The van der Waals surface area contributed by atoms with Gasteiger partial charge in [-0.15, -0.1) is 22.7 Å². The summed E-state index contributed by atoms with van der Waals surface area (Å²) in [5.41, 5.74) is 1.67. The number of alkyl halides is 3. The Balaban J connectivity index is 1.85. The molecule has 1 atom stereocenters. The van der Waals surface area contributed by atoms with Gasteiger partial charge in [-0.2, -0.15) is 5.26 Å². The summed E-state index contributed by atoms with van der Waals surface area (Å²) in [6.45, 7) is 0. The van der Waals surface area contributed by atoms with Crippen LogP contribution in [0.1, 0.15) is 38.5 Å². The number of hydrogen-bond donors (Lipinski definition) is 2. The fourth-order valence-corrected chi connectivity index (χ4v) is 4.95. The van der Waals surface area contributed by atoms with Gasteiger partial charge in [0.05, 0.1) is 10.4 Å². The SMILES string of the molecule is N#Cc1c(N[C@@H](NC(=O)c2cccs2)C(Cl)(Cl)Cl)sc2c1CCCC2. The van der Waals surface area contributed by atoms with Crippen molar-refractivity contribution in [3.63, 3.8) is 0 Å². The third kappa shape index (κ3) is 4.24. The maximum absolute atomic E-state index is 12.3. The van der Waals surface area contributed by atoms with E-state index in [0.717, 1.165) is 31.2 Å². The molecule has 0 spiro atoms. The molecule has 2 aromatic rings. The van der Waals surface area contributed by atoms with Crippen molar-refractivity contribution < 1.29 is 4.79 Å². The van der Waals surface area contributed by atoms with Crippen LogP contribution in [0.5, 0.6) is 0 Å². The van der Waals surface area contributed by atoms with Gasteiger partial charge in [-0.05, 0) is 42.7 Å². The van der Waals surface area contributed by atoms with Gasteiger partial charge in [0.1, 0.15) is 17.2 Å². The molecule has 25 heavy (non-hydrogen) atoms. The molecular weight excluding hydrogens is 421 g/mol. The Kier molecular flexibility index (Phi) is 5.81. The number of nitrogens with one attached hydrogen (secondary N) is 2. The minimum atomic E-state index is -1.77. The van der Waals surface area contributed by atoms with Gasteiger partial charge in [-0.3, -0.25) is 4.79 Å². The standard InChI is InChI=1S/C16H14Cl3N3OS2/c17-16(18,19)15(21-13(23)12-6-3-7-24-12)22-14-10(8-20)9-4-1-2-5-11(9)25-14/h3,6-7,15,22H,1-2,4-5H2,(H,21,23)/t15-/m1/s1. The molecular formula is C16H14Cl3N3OS2. The zero-order chi connectivity index (χ0) is 18.0. The van der Waals surface area contributed by atoms with Gasteiger partial charge in [-0.1, -0.05) is 40.9 Å². The number of nitriles is 1. The van der Waals surface area contributed by atoms with E-state index in [-0.39, 0.29) is 5.91 Å². The van der Waals surface area contributed by atoms with E-state index >= 15 is 0 Å². The summed E-state index contributed by atoms with van der Waals surface area (Å²) in [6, 6.07) is 5.72. The summed E-state index contributed by atoms with van der Waals surface area (Å²) in [6.07, 6.45) is 3.06. The van der Waals surface area contributed by atoms with Crippen LogP contribution in [-0.2, 0) is 12.8 Å². The zero-order valence-corrected chi connectivity index (χ0v) is 16.8. The molecule has 0 radical (unpaired) electrons. The fourth-order valence-electron chi connectivity index (χ4n) is 2.73. The second kappa shape index (κ2) is 7.73. The second-order valence-corrected chi connectivity index (χ2v) is 10.0. The minimum Gasteiger partial charge on any atom is -0.352 e. The van der Waals surface area contributed by atoms with Crippen LogP contribution in [0.3, 0.4) is 0 Å². The quantitative estimate of drug-likeness (QED) is 0.520. The molecule has 4 nitrogen and oxygen atoms in total. The number of rotatable bonds is 4. The van der Waals surface area contributed by atoms with Crippen molar-refractivity contribution in [2.45, 2.75) is 35.6 Å². The molecule has 0 bridgehead atoms. The van der Waals surface area contributed by atoms with E-state index in [1.807, 2.05) is 0 Å². The number of carbonyl (C=O) groups excluding carboxylic acids is 1. The van der Waals surface area contributed by atoms with Crippen molar-refractivity contribution in [1.82, 2.24) is 5.32 Å². The molecule has 0 saturated carbocycles. The predicted octanol–water partition coefficient (Wildman–Crippen LogP) is 5.10. The van der Waals surface area contributed by atoms with Crippen molar-refractivity contribution in [2.24, 2.45) is 0 Å². The van der Waals surface area contributed by atoms with Crippen molar-refractivity contribution in [3.8, 4) is 6.07 Å². The van der Waals surface area contributed by atoms with Gasteiger partial charge in [0, 0.05) is 4.88 Å². The van der Waals surface area contributed by atoms with Crippen LogP contribution < -0.4 is 10.6 Å². The molecule has 1 aliphatic carbocycles. The zero-order valence-electron chi connectivity index (χ0n) is 12.9. The monoisotopic (exact) mass is 433 g/mol. The van der Waals surface area contributed by atoms with Gasteiger partial charge in [0.2, 0.25) is 3.79 Å². The Bertz CT molecular complexity index is 806. The third-order valence-corrected chi connectivity index (χ3v) is 6.65. The maximum atomic E-state index is 12.3. The first kappa shape index (κ1) is 18.8. The smallest absolute Gasteiger partial charge is 0.263 e. The van der Waals surface area contributed by atoms with Crippen molar-refractivity contribution in [2.75, 3.05) is 5.32 Å². The minimum absolute atomic E-state index is 0.335. The Morgan fingerprint density at radius 1 is 1.32 bits per heavy atom. The average Bonchev–Trinajstić information content (AvgIpc) is 3.20. The van der Waals surface area contributed by atoms with Crippen LogP contribution in [0.15, 0.2) is 17.5 Å². The predicted molar refractivity (Wildman–Crippen MR) is 105 cm³/mol. The fraction of sp³-hybridized carbons (Fsp3) is 0.375. The van der Waals surface area contributed by atoms with Crippen LogP contribution in [0.4, 0.5) is 5.00 Å². The highest BCUT2D eigenvalue weighted by molar-refractivity contribution is 7.16. The van der Waals surface area contributed by atoms with E-state index in [1.54, 1.807) is 17.5 Å². The molecule has 0 aromatic carbocycles. The summed E-state index contributed by atoms with van der Waals surface area (Å²) in [5.74, 6) is -0.335. The molecule has 0 aliphatic heterocycles. The average molecular weight is 435 g/mol. The Hall–Kier alpha value is -0.970. The van der Waals surface area contributed by atoms with Crippen LogP contribution >= 0.6 is 57.5 Å². The largest absolute Gasteiger partial charge is 0.352 e. The molecule has 0 fully saturated rings. The van der Waals surface area contributed by atoms with E-state index in [0.29, 0.717) is 15.4 Å². The molecule has 9 heteroatoms. The summed E-state index contributed by atoms with van der Waals surface area (Å²) >= 11 is 21.0. The van der Waals surface area contributed by atoms with Crippen LogP contribution in [0, 0.1) is 11.3 Å². The first-order valence-electron chi connectivity index (χ1n) is 7.62. The number of anilines is 1. The van der Waals surface area contributed by atoms with E-state index in [4.69, 9.17) is 34.8 Å². The van der Waals surface area contributed by atoms with Crippen molar-refractivity contribution in [3.05, 3.63) is 38.4 Å². The number of nitrogens with zero attached hydrogens (tertiary/aromatic N) is 1. The maximum Gasteiger partial charge on any atom is 0.263 e. The lowest BCUT2D eigenvalue weighted by Crippen LogP contribution is -2.48. The molecule has 2 heterocycles. The summed E-state index contributed by atoms with van der Waals surface area (Å²) in [5, 5.41) is 17.7. The lowest BCUT2D eigenvalue weighted by atomic mass is 9.96. The number of hydrogen-bond acceptors (Lipinski definition) is 5. The van der Waals surface area contributed by atoms with Gasteiger partial charge in [0.25, 0.3) is 5.91 Å². The van der Waals surface area contributed by atoms with Crippen LogP contribution in [0.25, 0.3) is 0 Å². The van der Waals surface area contributed by atoms with E-state index in [2.05, 4.69) is 16.7 Å². The molecule has 0 unspecified atom stereocenters.